The largest absolute Gasteiger partial charge is 0.506 e. The van der Waals surface area contributed by atoms with Crippen LogP contribution in [0.15, 0.2) is 29.0 Å². The Morgan fingerprint density at radius 1 is 1.35 bits per heavy atom. The second-order valence-electron chi connectivity index (χ2n) is 7.22. The number of amides is 2. The van der Waals surface area contributed by atoms with Gasteiger partial charge in [-0.3, -0.25) is 14.4 Å². The molecule has 0 saturated carbocycles. The van der Waals surface area contributed by atoms with Crippen molar-refractivity contribution >= 4 is 45.3 Å². The van der Waals surface area contributed by atoms with E-state index in [1.165, 1.54) is 12.1 Å². The second kappa shape index (κ2) is 11.2. The van der Waals surface area contributed by atoms with Crippen LogP contribution >= 0.6 is 27.5 Å². The Bertz CT molecular complexity index is 868. The molecule has 3 unspecified atom stereocenters. The maximum absolute atomic E-state index is 12.4. The SMILES string of the molecule is C=C(N)NC1CNCC(C(=O)NCC(=O)NC(CC(=O)O)c2cc(Cl)cc(Br)c2O)C1. The van der Waals surface area contributed by atoms with Gasteiger partial charge in [0.05, 0.1) is 35.2 Å². The van der Waals surface area contributed by atoms with E-state index >= 15 is 0 Å². The van der Waals surface area contributed by atoms with Gasteiger partial charge >= 0.3 is 5.97 Å². The smallest absolute Gasteiger partial charge is 0.305 e. The van der Waals surface area contributed by atoms with Crippen molar-refractivity contribution in [1.29, 1.82) is 0 Å². The maximum Gasteiger partial charge on any atom is 0.305 e. The minimum Gasteiger partial charge on any atom is -0.506 e. The number of phenolic OH excluding ortho intramolecular Hbond substituents is 1. The zero-order valence-electron chi connectivity index (χ0n) is 16.6. The lowest BCUT2D eigenvalue weighted by atomic mass is 9.95. The van der Waals surface area contributed by atoms with E-state index in [2.05, 4.69) is 43.8 Å². The minimum absolute atomic E-state index is 0.0555. The number of phenols is 1. The Hall–Kier alpha value is -2.50. The molecule has 3 atom stereocenters. The molecule has 1 aromatic carbocycles. The number of carbonyl (C=O) groups is 3. The number of piperidine rings is 1. The summed E-state index contributed by atoms with van der Waals surface area (Å²) >= 11 is 9.12. The molecule has 170 valence electrons. The molecule has 1 aliphatic heterocycles. The summed E-state index contributed by atoms with van der Waals surface area (Å²) < 4.78 is 0.265. The minimum atomic E-state index is -1.18. The van der Waals surface area contributed by atoms with Gasteiger partial charge in [-0.15, -0.1) is 0 Å². The van der Waals surface area contributed by atoms with Crippen LogP contribution in [-0.2, 0) is 14.4 Å². The number of rotatable bonds is 9. The average Bonchev–Trinajstić information content (AvgIpc) is 2.67. The molecule has 0 radical (unpaired) electrons. The van der Waals surface area contributed by atoms with Crippen molar-refractivity contribution in [2.24, 2.45) is 11.7 Å². The van der Waals surface area contributed by atoms with Gasteiger partial charge in [-0.1, -0.05) is 18.2 Å². The molecular formula is C19H25BrClN5O5. The number of carboxylic acid groups (broad SMARTS) is 1. The van der Waals surface area contributed by atoms with Crippen molar-refractivity contribution in [3.63, 3.8) is 0 Å². The lowest BCUT2D eigenvalue weighted by Crippen LogP contribution is -2.52. The van der Waals surface area contributed by atoms with Gasteiger partial charge in [0.1, 0.15) is 5.75 Å². The fourth-order valence-electron chi connectivity index (χ4n) is 3.34. The van der Waals surface area contributed by atoms with E-state index < -0.39 is 24.3 Å². The lowest BCUT2D eigenvalue weighted by Gasteiger charge is -2.30. The summed E-state index contributed by atoms with van der Waals surface area (Å²) in [6.07, 6.45) is 0.0334. The van der Waals surface area contributed by atoms with Crippen molar-refractivity contribution < 1.29 is 24.6 Å². The van der Waals surface area contributed by atoms with Crippen molar-refractivity contribution in [2.75, 3.05) is 19.6 Å². The first-order chi connectivity index (χ1) is 14.6. The molecule has 0 aromatic heterocycles. The number of hydrogen-bond acceptors (Lipinski definition) is 7. The third-order valence-corrected chi connectivity index (χ3v) is 5.50. The van der Waals surface area contributed by atoms with Crippen LogP contribution in [0.25, 0.3) is 0 Å². The Balaban J connectivity index is 1.98. The predicted molar refractivity (Wildman–Crippen MR) is 118 cm³/mol. The van der Waals surface area contributed by atoms with E-state index in [1.54, 1.807) is 0 Å². The van der Waals surface area contributed by atoms with Crippen LogP contribution in [0.4, 0.5) is 0 Å². The van der Waals surface area contributed by atoms with Crippen LogP contribution in [0.3, 0.4) is 0 Å². The summed E-state index contributed by atoms with van der Waals surface area (Å²) in [4.78, 5) is 36.1. The summed E-state index contributed by atoms with van der Waals surface area (Å²) in [5, 5.41) is 30.9. The van der Waals surface area contributed by atoms with Gasteiger partial charge in [0.25, 0.3) is 0 Å². The van der Waals surface area contributed by atoms with E-state index in [1.807, 2.05) is 0 Å². The molecule has 12 heteroatoms. The Labute approximate surface area is 192 Å². The quantitative estimate of drug-likeness (QED) is 0.249. The first kappa shape index (κ1) is 24.8. The summed E-state index contributed by atoms with van der Waals surface area (Å²) in [6, 6.07) is 1.72. The van der Waals surface area contributed by atoms with E-state index in [0.29, 0.717) is 25.3 Å². The Kier molecular flexibility index (Phi) is 8.96. The number of carbonyl (C=O) groups excluding carboxylic acids is 2. The van der Waals surface area contributed by atoms with Crippen molar-refractivity contribution in [3.8, 4) is 5.75 Å². The number of halogens is 2. The fraction of sp³-hybridized carbons (Fsp3) is 0.421. The van der Waals surface area contributed by atoms with Crippen LogP contribution in [-0.4, -0.2) is 53.7 Å². The van der Waals surface area contributed by atoms with E-state index in [9.17, 15) is 24.6 Å². The molecule has 1 saturated heterocycles. The zero-order chi connectivity index (χ0) is 23.1. The molecule has 1 heterocycles. The Morgan fingerprint density at radius 3 is 2.71 bits per heavy atom. The van der Waals surface area contributed by atoms with E-state index in [4.69, 9.17) is 17.3 Å². The van der Waals surface area contributed by atoms with Crippen molar-refractivity contribution in [1.82, 2.24) is 21.3 Å². The number of nitrogens with one attached hydrogen (secondary N) is 4. The van der Waals surface area contributed by atoms with Gasteiger partial charge < -0.3 is 37.2 Å². The number of benzene rings is 1. The van der Waals surface area contributed by atoms with Crippen LogP contribution in [0.2, 0.25) is 5.02 Å². The van der Waals surface area contributed by atoms with Crippen LogP contribution in [0, 0.1) is 5.92 Å². The first-order valence-corrected chi connectivity index (χ1v) is 10.6. The molecule has 1 fully saturated rings. The number of carboxylic acids is 1. The first-order valence-electron chi connectivity index (χ1n) is 9.45. The highest BCUT2D eigenvalue weighted by Gasteiger charge is 2.28. The topological polar surface area (TPSA) is 166 Å². The monoisotopic (exact) mass is 517 g/mol. The van der Waals surface area contributed by atoms with Gasteiger partial charge in [0, 0.05) is 29.7 Å². The van der Waals surface area contributed by atoms with Gasteiger partial charge in [-0.2, -0.15) is 0 Å². The summed E-state index contributed by atoms with van der Waals surface area (Å²) in [6.45, 7) is 4.32. The van der Waals surface area contributed by atoms with Gasteiger partial charge in [0.15, 0.2) is 0 Å². The predicted octanol–water partition coefficient (Wildman–Crippen LogP) is 0.554. The van der Waals surface area contributed by atoms with E-state index in [-0.39, 0.29) is 45.2 Å². The normalized spacial score (nSPS) is 19.2. The second-order valence-corrected chi connectivity index (χ2v) is 8.51. The molecule has 10 nitrogen and oxygen atoms in total. The van der Waals surface area contributed by atoms with Gasteiger partial charge in [0.2, 0.25) is 11.8 Å². The molecule has 1 aliphatic rings. The molecule has 0 spiro atoms. The van der Waals surface area contributed by atoms with Crippen LogP contribution in [0.1, 0.15) is 24.4 Å². The highest BCUT2D eigenvalue weighted by Crippen LogP contribution is 2.36. The van der Waals surface area contributed by atoms with E-state index in [0.717, 1.165) is 0 Å². The molecule has 1 aromatic rings. The summed E-state index contributed by atoms with van der Waals surface area (Å²) in [5.74, 6) is -2.40. The molecule has 0 aliphatic carbocycles. The third kappa shape index (κ3) is 7.60. The molecule has 2 rings (SSSR count). The fourth-order valence-corrected chi connectivity index (χ4v) is 4.17. The Morgan fingerprint density at radius 2 is 2.06 bits per heavy atom. The van der Waals surface area contributed by atoms with Crippen LogP contribution < -0.4 is 27.0 Å². The standard InChI is InChI=1S/C19H25BrClN5O5/c1-9(22)25-12-2-10(6-23-7-12)19(31)24-8-16(27)26-15(5-17(28)29)13-3-11(21)4-14(20)18(13)30/h3-4,10,12,15,23,25,30H,1-2,5-8,22H2,(H,24,31)(H,26,27)(H,28,29). The highest BCUT2D eigenvalue weighted by atomic mass is 79.9. The van der Waals surface area contributed by atoms with Crippen molar-refractivity contribution in [2.45, 2.75) is 24.9 Å². The molecule has 0 bridgehead atoms. The number of hydrogen-bond donors (Lipinski definition) is 7. The lowest BCUT2D eigenvalue weighted by molar-refractivity contribution is -0.138. The summed E-state index contributed by atoms with van der Waals surface area (Å²) in [5.41, 5.74) is 5.69. The van der Waals surface area contributed by atoms with Crippen molar-refractivity contribution in [3.05, 3.63) is 39.6 Å². The number of nitrogens with two attached hydrogens (primary N) is 1. The molecule has 8 N–H and O–H groups in total. The summed E-state index contributed by atoms with van der Waals surface area (Å²) in [7, 11) is 0. The van der Waals surface area contributed by atoms with Gasteiger partial charge in [-0.05, 0) is 34.5 Å². The number of aliphatic carboxylic acids is 1. The molecular weight excluding hydrogens is 494 g/mol. The number of aromatic hydroxyl groups is 1. The molecule has 2 amide bonds. The molecule has 31 heavy (non-hydrogen) atoms. The zero-order valence-corrected chi connectivity index (χ0v) is 18.9. The van der Waals surface area contributed by atoms with Gasteiger partial charge in [-0.25, -0.2) is 0 Å². The highest BCUT2D eigenvalue weighted by molar-refractivity contribution is 9.10. The average molecular weight is 519 g/mol. The maximum atomic E-state index is 12.4. The van der Waals surface area contributed by atoms with Crippen LogP contribution in [0.5, 0.6) is 5.75 Å². The third-order valence-electron chi connectivity index (χ3n) is 4.68.